The second-order valence-corrected chi connectivity index (χ2v) is 9.00. The number of allylic oxidation sites excluding steroid dienone is 4. The molecule has 1 aliphatic rings. The van der Waals surface area contributed by atoms with Gasteiger partial charge in [0.15, 0.2) is 0 Å². The van der Waals surface area contributed by atoms with Crippen LogP contribution in [0, 0.1) is 6.92 Å². The van der Waals surface area contributed by atoms with E-state index in [4.69, 9.17) is 0 Å². The molecule has 1 fully saturated rings. The Morgan fingerprint density at radius 2 is 1.86 bits per heavy atom. The number of aromatic nitrogens is 1. The molecular weight excluding hydrogens is 471 g/mol. The third-order valence-electron chi connectivity index (χ3n) is 5.76. The molecule has 3 rings (SSSR count). The molecule has 1 saturated heterocycles. The largest absolute Gasteiger partial charge is 0.573 e. The first-order valence-corrected chi connectivity index (χ1v) is 11.5. The Labute approximate surface area is 208 Å². The number of anilines is 1. The Morgan fingerprint density at radius 1 is 1.17 bits per heavy atom. The number of amides is 1. The molecule has 2 aromatic rings. The van der Waals surface area contributed by atoms with Crippen molar-refractivity contribution in [2.75, 3.05) is 4.90 Å². The standard InChI is InChI=1S/C27H30F3N3O3/c1-5-21(34)11-7-6-10-20-17-23(32-26(3,4)24-12-8-9-18(2)31-24)25(35)33(20)19-13-15-22(16-14-19)36-27(28,29)30/h5-16,20,23,32,34H,17H2,1-4H3/b10-6+,11-7-,21-5+/t20-,23+/m0/s1. The molecule has 1 aromatic heterocycles. The lowest BCUT2D eigenvalue weighted by atomic mass is 9.97. The fourth-order valence-corrected chi connectivity index (χ4v) is 4.03. The van der Waals surface area contributed by atoms with Gasteiger partial charge in [-0.05, 0) is 82.7 Å². The van der Waals surface area contributed by atoms with E-state index in [1.165, 1.54) is 30.3 Å². The molecule has 1 aliphatic heterocycles. The van der Waals surface area contributed by atoms with Gasteiger partial charge >= 0.3 is 6.36 Å². The van der Waals surface area contributed by atoms with Crippen molar-refractivity contribution in [1.82, 2.24) is 10.3 Å². The number of hydrogen-bond donors (Lipinski definition) is 2. The molecular formula is C27H30F3N3O3. The van der Waals surface area contributed by atoms with Crippen molar-refractivity contribution in [2.45, 2.75) is 58.1 Å². The fraction of sp³-hybridized carbons (Fsp3) is 0.333. The quantitative estimate of drug-likeness (QED) is 0.350. The third-order valence-corrected chi connectivity index (χ3v) is 5.76. The summed E-state index contributed by atoms with van der Waals surface area (Å²) in [5.41, 5.74) is 1.48. The number of halogens is 3. The smallest absolute Gasteiger partial charge is 0.508 e. The summed E-state index contributed by atoms with van der Waals surface area (Å²) >= 11 is 0. The zero-order chi connectivity index (χ0) is 26.5. The van der Waals surface area contributed by atoms with Crippen LogP contribution in [0.5, 0.6) is 5.75 Å². The van der Waals surface area contributed by atoms with E-state index < -0.39 is 17.9 Å². The van der Waals surface area contributed by atoms with Gasteiger partial charge in [0.05, 0.1) is 23.3 Å². The maximum Gasteiger partial charge on any atom is 0.573 e. The highest BCUT2D eigenvalue weighted by molar-refractivity contribution is 6.00. The van der Waals surface area contributed by atoms with Crippen LogP contribution in [0.1, 0.15) is 38.6 Å². The van der Waals surface area contributed by atoms with E-state index in [1.807, 2.05) is 45.0 Å². The summed E-state index contributed by atoms with van der Waals surface area (Å²) in [5.74, 6) is -0.475. The number of carbonyl (C=O) groups excluding carboxylic acids is 1. The highest BCUT2D eigenvalue weighted by atomic mass is 19.4. The van der Waals surface area contributed by atoms with Crippen LogP contribution in [-0.2, 0) is 10.3 Å². The molecule has 192 valence electrons. The van der Waals surface area contributed by atoms with Crippen molar-refractivity contribution in [3.8, 4) is 5.75 Å². The molecule has 0 spiro atoms. The number of aryl methyl sites for hydroxylation is 1. The number of aliphatic hydroxyl groups excluding tert-OH is 1. The van der Waals surface area contributed by atoms with E-state index in [2.05, 4.69) is 15.0 Å². The highest BCUT2D eigenvalue weighted by Crippen LogP contribution is 2.32. The van der Waals surface area contributed by atoms with Crippen LogP contribution in [0.15, 0.2) is 78.6 Å². The van der Waals surface area contributed by atoms with Gasteiger partial charge in [-0.15, -0.1) is 13.2 Å². The number of rotatable bonds is 8. The van der Waals surface area contributed by atoms with Gasteiger partial charge in [-0.25, -0.2) is 0 Å². The minimum Gasteiger partial charge on any atom is -0.508 e. The number of pyridine rings is 1. The predicted octanol–water partition coefficient (Wildman–Crippen LogP) is 5.86. The first kappa shape index (κ1) is 27.0. The van der Waals surface area contributed by atoms with Crippen molar-refractivity contribution >= 4 is 11.6 Å². The van der Waals surface area contributed by atoms with Gasteiger partial charge in [0.25, 0.3) is 0 Å². The SMILES string of the molecule is C\C=C(O)/C=C\C=C\[C@H]1C[C@@H](NC(C)(C)c2cccc(C)n2)C(=O)N1c1ccc(OC(F)(F)F)cc1. The molecule has 0 bridgehead atoms. The van der Waals surface area contributed by atoms with Crippen LogP contribution < -0.4 is 15.0 Å². The number of hydrogen-bond acceptors (Lipinski definition) is 5. The van der Waals surface area contributed by atoms with Gasteiger partial charge < -0.3 is 14.7 Å². The zero-order valence-corrected chi connectivity index (χ0v) is 20.6. The Kier molecular flexibility index (Phi) is 8.24. The normalized spacial score (nSPS) is 19.6. The van der Waals surface area contributed by atoms with Gasteiger partial charge in [-0.2, -0.15) is 0 Å². The molecule has 2 heterocycles. The highest BCUT2D eigenvalue weighted by Gasteiger charge is 2.42. The van der Waals surface area contributed by atoms with Gasteiger partial charge in [0.1, 0.15) is 11.5 Å². The van der Waals surface area contributed by atoms with E-state index in [0.717, 1.165) is 11.4 Å². The molecule has 0 aliphatic carbocycles. The number of aliphatic hydroxyl groups is 1. The minimum absolute atomic E-state index is 0.103. The molecule has 9 heteroatoms. The van der Waals surface area contributed by atoms with E-state index in [1.54, 1.807) is 30.1 Å². The molecule has 0 unspecified atom stereocenters. The monoisotopic (exact) mass is 501 g/mol. The van der Waals surface area contributed by atoms with Crippen molar-refractivity contribution in [2.24, 2.45) is 0 Å². The second kappa shape index (κ2) is 11.0. The lowest BCUT2D eigenvalue weighted by molar-refractivity contribution is -0.274. The summed E-state index contributed by atoms with van der Waals surface area (Å²) in [7, 11) is 0. The Balaban J connectivity index is 1.88. The van der Waals surface area contributed by atoms with Crippen LogP contribution in [-0.4, -0.2) is 34.4 Å². The average molecular weight is 502 g/mol. The molecule has 0 radical (unpaired) electrons. The summed E-state index contributed by atoms with van der Waals surface area (Å²) in [6.07, 6.45) is 3.88. The van der Waals surface area contributed by atoms with Gasteiger partial charge in [0.2, 0.25) is 5.91 Å². The molecule has 36 heavy (non-hydrogen) atoms. The Hall–Kier alpha value is -3.59. The van der Waals surface area contributed by atoms with E-state index in [-0.39, 0.29) is 23.5 Å². The lowest BCUT2D eigenvalue weighted by Gasteiger charge is -2.29. The van der Waals surface area contributed by atoms with Crippen LogP contribution in [0.2, 0.25) is 0 Å². The molecule has 1 amide bonds. The molecule has 1 aromatic carbocycles. The number of nitrogens with one attached hydrogen (secondary N) is 1. The van der Waals surface area contributed by atoms with Gasteiger partial charge in [-0.1, -0.05) is 24.3 Å². The Bertz CT molecular complexity index is 1150. The summed E-state index contributed by atoms with van der Waals surface area (Å²) < 4.78 is 41.6. The van der Waals surface area contributed by atoms with Crippen molar-refractivity contribution in [1.29, 1.82) is 0 Å². The van der Waals surface area contributed by atoms with Crippen LogP contribution in [0.3, 0.4) is 0 Å². The van der Waals surface area contributed by atoms with Crippen LogP contribution in [0.25, 0.3) is 0 Å². The maximum atomic E-state index is 13.5. The number of benzene rings is 1. The number of nitrogens with zero attached hydrogens (tertiary/aromatic N) is 2. The molecule has 2 atom stereocenters. The van der Waals surface area contributed by atoms with Gasteiger partial charge in [0, 0.05) is 11.4 Å². The average Bonchev–Trinajstić information content (AvgIpc) is 3.10. The maximum absolute atomic E-state index is 13.5. The Morgan fingerprint density at radius 3 is 2.47 bits per heavy atom. The minimum atomic E-state index is -4.80. The first-order chi connectivity index (χ1) is 16.9. The van der Waals surface area contributed by atoms with E-state index in [9.17, 15) is 23.1 Å². The first-order valence-electron chi connectivity index (χ1n) is 11.5. The second-order valence-electron chi connectivity index (χ2n) is 9.00. The molecule has 2 N–H and O–H groups in total. The number of carbonyl (C=O) groups is 1. The van der Waals surface area contributed by atoms with E-state index >= 15 is 0 Å². The topological polar surface area (TPSA) is 74.7 Å². The van der Waals surface area contributed by atoms with Gasteiger partial charge in [-0.3, -0.25) is 15.1 Å². The summed E-state index contributed by atoms with van der Waals surface area (Å²) in [6.45, 7) is 7.49. The van der Waals surface area contributed by atoms with Crippen molar-refractivity contribution in [3.05, 3.63) is 90.0 Å². The third kappa shape index (κ3) is 6.97. The zero-order valence-electron chi connectivity index (χ0n) is 20.6. The lowest BCUT2D eigenvalue weighted by Crippen LogP contribution is -2.48. The molecule has 6 nitrogen and oxygen atoms in total. The number of alkyl halides is 3. The summed E-state index contributed by atoms with van der Waals surface area (Å²) in [5, 5.41) is 13.0. The molecule has 0 saturated carbocycles. The van der Waals surface area contributed by atoms with E-state index in [0.29, 0.717) is 12.1 Å². The van der Waals surface area contributed by atoms with Crippen LogP contribution >= 0.6 is 0 Å². The summed E-state index contributed by atoms with van der Waals surface area (Å²) in [4.78, 5) is 19.7. The summed E-state index contributed by atoms with van der Waals surface area (Å²) in [6, 6.07) is 9.99. The van der Waals surface area contributed by atoms with Crippen LogP contribution in [0.4, 0.5) is 18.9 Å². The van der Waals surface area contributed by atoms with Crippen molar-refractivity contribution < 1.29 is 27.8 Å². The predicted molar refractivity (Wildman–Crippen MR) is 133 cm³/mol. The fourth-order valence-electron chi connectivity index (χ4n) is 4.03. The number of ether oxygens (including phenoxy) is 1. The van der Waals surface area contributed by atoms with Crippen molar-refractivity contribution in [3.63, 3.8) is 0 Å².